The van der Waals surface area contributed by atoms with Gasteiger partial charge in [-0.1, -0.05) is 36.4 Å². The minimum atomic E-state index is 0.357. The van der Waals surface area contributed by atoms with Crippen LogP contribution in [0.1, 0.15) is 36.0 Å². The van der Waals surface area contributed by atoms with Crippen molar-refractivity contribution >= 4 is 16.7 Å². The second-order valence-electron chi connectivity index (χ2n) is 6.59. The molecule has 1 atom stereocenters. The number of pyridine rings is 1. The summed E-state index contributed by atoms with van der Waals surface area (Å²) >= 11 is 0. The molecule has 0 fully saturated rings. The van der Waals surface area contributed by atoms with E-state index in [2.05, 4.69) is 58.4 Å². The average Bonchev–Trinajstić information content (AvgIpc) is 3.22. The molecule has 3 aromatic rings. The van der Waals surface area contributed by atoms with Gasteiger partial charge >= 0.3 is 0 Å². The Labute approximate surface area is 141 Å². The second kappa shape index (κ2) is 5.56. The molecule has 0 bridgehead atoms. The Kier molecular flexibility index (Phi) is 3.23. The summed E-state index contributed by atoms with van der Waals surface area (Å²) in [4.78, 5) is 9.83. The van der Waals surface area contributed by atoms with Crippen molar-refractivity contribution in [3.05, 3.63) is 65.6 Å². The van der Waals surface area contributed by atoms with E-state index in [0.717, 1.165) is 49.2 Å². The Balaban J connectivity index is 1.64. The highest BCUT2D eigenvalue weighted by molar-refractivity contribution is 5.76. The maximum Gasteiger partial charge on any atom is 0.161 e. The average molecular weight is 316 g/mol. The molecule has 0 saturated carbocycles. The normalized spacial score (nSPS) is 20.2. The van der Waals surface area contributed by atoms with Gasteiger partial charge in [0.15, 0.2) is 5.65 Å². The largest absolute Gasteiger partial charge is 0.313 e. The van der Waals surface area contributed by atoms with Crippen LogP contribution in [-0.2, 0) is 6.42 Å². The maximum atomic E-state index is 5.01. The van der Waals surface area contributed by atoms with Crippen LogP contribution < -0.4 is 5.32 Å². The predicted molar refractivity (Wildman–Crippen MR) is 95.9 cm³/mol. The van der Waals surface area contributed by atoms with Gasteiger partial charge in [-0.3, -0.25) is 0 Å². The third kappa shape index (κ3) is 2.18. The molecule has 5 rings (SSSR count). The molecule has 0 amide bonds. The predicted octanol–water partition coefficient (Wildman–Crippen LogP) is 3.34. The number of fused-ring (bicyclic) bond motifs is 3. The lowest BCUT2D eigenvalue weighted by Crippen LogP contribution is -2.20. The molecule has 2 aliphatic rings. The Bertz CT molecular complexity index is 923. The van der Waals surface area contributed by atoms with Crippen LogP contribution in [-0.4, -0.2) is 27.6 Å². The van der Waals surface area contributed by atoms with Gasteiger partial charge in [0.1, 0.15) is 11.3 Å². The zero-order valence-corrected chi connectivity index (χ0v) is 13.6. The lowest BCUT2D eigenvalue weighted by atomic mass is 10.0. The lowest BCUT2D eigenvalue weighted by molar-refractivity contribution is 0.632. The molecule has 0 aliphatic carbocycles. The number of nitrogens with one attached hydrogen (secondary N) is 1. The highest BCUT2D eigenvalue weighted by Crippen LogP contribution is 2.35. The first-order valence-corrected chi connectivity index (χ1v) is 8.73. The van der Waals surface area contributed by atoms with Crippen LogP contribution in [0.5, 0.6) is 0 Å². The topological polar surface area (TPSA) is 42.7 Å². The molecule has 2 aliphatic heterocycles. The molecule has 24 heavy (non-hydrogen) atoms. The summed E-state index contributed by atoms with van der Waals surface area (Å²) in [5.41, 5.74) is 5.85. The SMILES string of the molecule is C1=C(c2ccc3nc4n(c3n2)[C@@H](c2ccccc2)CC4)CCNC1. The van der Waals surface area contributed by atoms with Crippen molar-refractivity contribution < 1.29 is 0 Å². The lowest BCUT2D eigenvalue weighted by Gasteiger charge is -2.16. The van der Waals surface area contributed by atoms with Crippen molar-refractivity contribution in [2.24, 2.45) is 0 Å². The van der Waals surface area contributed by atoms with E-state index in [1.165, 1.54) is 17.0 Å². The van der Waals surface area contributed by atoms with Gasteiger partial charge in [0, 0.05) is 13.0 Å². The summed E-state index contributed by atoms with van der Waals surface area (Å²) in [5, 5.41) is 3.37. The number of rotatable bonds is 2. The van der Waals surface area contributed by atoms with Crippen molar-refractivity contribution in [3.8, 4) is 0 Å². The number of aryl methyl sites for hydroxylation is 1. The molecule has 4 heteroatoms. The van der Waals surface area contributed by atoms with Gasteiger partial charge in [0.2, 0.25) is 0 Å². The highest BCUT2D eigenvalue weighted by atomic mass is 15.2. The van der Waals surface area contributed by atoms with Crippen LogP contribution in [0.2, 0.25) is 0 Å². The number of benzene rings is 1. The number of hydrogen-bond donors (Lipinski definition) is 1. The summed E-state index contributed by atoms with van der Waals surface area (Å²) in [6, 6.07) is 15.3. The van der Waals surface area contributed by atoms with E-state index in [-0.39, 0.29) is 0 Å². The van der Waals surface area contributed by atoms with Crippen LogP contribution in [0.3, 0.4) is 0 Å². The second-order valence-corrected chi connectivity index (χ2v) is 6.59. The molecule has 4 heterocycles. The zero-order chi connectivity index (χ0) is 15.9. The first-order valence-electron chi connectivity index (χ1n) is 8.73. The molecule has 120 valence electrons. The van der Waals surface area contributed by atoms with Crippen LogP contribution >= 0.6 is 0 Å². The van der Waals surface area contributed by atoms with Gasteiger partial charge in [-0.25, -0.2) is 9.97 Å². The number of aromatic nitrogens is 3. The maximum absolute atomic E-state index is 5.01. The standard InChI is InChI=1S/C20H20N4/c1-2-4-15(5-3-1)18-8-9-19-22-17-7-6-16(23-20(17)24(18)19)14-10-12-21-13-11-14/h1-7,10,18,21H,8-9,11-13H2/t18-/m1/s1. The van der Waals surface area contributed by atoms with E-state index in [9.17, 15) is 0 Å². The smallest absolute Gasteiger partial charge is 0.161 e. The molecule has 0 spiro atoms. The van der Waals surface area contributed by atoms with E-state index in [1.807, 2.05) is 0 Å². The summed E-state index contributed by atoms with van der Waals surface area (Å²) < 4.78 is 2.36. The summed E-state index contributed by atoms with van der Waals surface area (Å²) in [7, 11) is 0. The van der Waals surface area contributed by atoms with Crippen LogP contribution in [0, 0.1) is 0 Å². The molecule has 2 aromatic heterocycles. The van der Waals surface area contributed by atoms with Gasteiger partial charge in [-0.2, -0.15) is 0 Å². The Morgan fingerprint density at radius 1 is 1.00 bits per heavy atom. The first-order chi connectivity index (χ1) is 11.9. The summed E-state index contributed by atoms with van der Waals surface area (Å²) in [6.45, 7) is 1.97. The van der Waals surface area contributed by atoms with Crippen LogP contribution in [0.15, 0.2) is 48.5 Å². The van der Waals surface area contributed by atoms with Crippen molar-refractivity contribution in [1.29, 1.82) is 0 Å². The van der Waals surface area contributed by atoms with E-state index < -0.39 is 0 Å². The van der Waals surface area contributed by atoms with E-state index >= 15 is 0 Å². The zero-order valence-electron chi connectivity index (χ0n) is 13.6. The van der Waals surface area contributed by atoms with Gasteiger partial charge < -0.3 is 9.88 Å². The third-order valence-electron chi connectivity index (χ3n) is 5.14. The van der Waals surface area contributed by atoms with E-state index in [1.54, 1.807) is 0 Å². The minimum absolute atomic E-state index is 0.357. The number of hydrogen-bond acceptors (Lipinski definition) is 3. The summed E-state index contributed by atoms with van der Waals surface area (Å²) in [6.07, 6.45) is 5.44. The molecule has 1 aromatic carbocycles. The number of imidazole rings is 1. The fraction of sp³-hybridized carbons (Fsp3) is 0.300. The van der Waals surface area contributed by atoms with E-state index in [4.69, 9.17) is 9.97 Å². The van der Waals surface area contributed by atoms with Gasteiger partial charge in [0.05, 0.1) is 11.7 Å². The molecule has 4 nitrogen and oxygen atoms in total. The Morgan fingerprint density at radius 3 is 2.75 bits per heavy atom. The quantitative estimate of drug-likeness (QED) is 0.788. The Hall–Kier alpha value is -2.46. The monoisotopic (exact) mass is 316 g/mol. The first kappa shape index (κ1) is 13.9. The fourth-order valence-electron chi connectivity index (χ4n) is 3.94. The Morgan fingerprint density at radius 2 is 1.92 bits per heavy atom. The van der Waals surface area contributed by atoms with Crippen molar-refractivity contribution in [3.63, 3.8) is 0 Å². The number of nitrogens with zero attached hydrogens (tertiary/aromatic N) is 3. The van der Waals surface area contributed by atoms with Gasteiger partial charge in [0.25, 0.3) is 0 Å². The van der Waals surface area contributed by atoms with Gasteiger partial charge in [-0.05, 0) is 42.7 Å². The van der Waals surface area contributed by atoms with Crippen molar-refractivity contribution in [1.82, 2.24) is 19.9 Å². The van der Waals surface area contributed by atoms with E-state index in [0.29, 0.717) is 6.04 Å². The van der Waals surface area contributed by atoms with Crippen LogP contribution in [0.25, 0.3) is 16.7 Å². The minimum Gasteiger partial charge on any atom is -0.313 e. The molecule has 0 unspecified atom stereocenters. The van der Waals surface area contributed by atoms with Crippen LogP contribution in [0.4, 0.5) is 0 Å². The molecular formula is C20H20N4. The highest BCUT2D eigenvalue weighted by Gasteiger charge is 2.27. The molecule has 0 radical (unpaired) electrons. The fourth-order valence-corrected chi connectivity index (χ4v) is 3.94. The third-order valence-corrected chi connectivity index (χ3v) is 5.14. The molecule has 1 N–H and O–H groups in total. The van der Waals surface area contributed by atoms with Gasteiger partial charge in [-0.15, -0.1) is 0 Å². The van der Waals surface area contributed by atoms with Crippen molar-refractivity contribution in [2.45, 2.75) is 25.3 Å². The molecule has 0 saturated heterocycles. The molecular weight excluding hydrogens is 296 g/mol. The summed E-state index contributed by atoms with van der Waals surface area (Å²) in [5.74, 6) is 1.17. The van der Waals surface area contributed by atoms with Crippen molar-refractivity contribution in [2.75, 3.05) is 13.1 Å².